The van der Waals surface area contributed by atoms with Crippen molar-refractivity contribution >= 4 is 5.96 Å². The van der Waals surface area contributed by atoms with Crippen LogP contribution >= 0.6 is 0 Å². The van der Waals surface area contributed by atoms with Crippen molar-refractivity contribution in [2.24, 2.45) is 4.99 Å². The van der Waals surface area contributed by atoms with Crippen LogP contribution in [0.1, 0.15) is 50.2 Å². The maximum atomic E-state index is 4.69. The number of piperidine rings is 1. The fourth-order valence-electron chi connectivity index (χ4n) is 3.04. The van der Waals surface area contributed by atoms with E-state index in [0.29, 0.717) is 6.04 Å². The summed E-state index contributed by atoms with van der Waals surface area (Å²) in [7, 11) is 0. The Labute approximate surface area is 140 Å². The van der Waals surface area contributed by atoms with Gasteiger partial charge in [0.05, 0.1) is 6.54 Å². The molecule has 1 saturated carbocycles. The van der Waals surface area contributed by atoms with E-state index in [1.54, 1.807) is 0 Å². The fraction of sp³-hybridized carbons (Fsp3) is 0.632. The summed E-state index contributed by atoms with van der Waals surface area (Å²) < 4.78 is 0. The van der Waals surface area contributed by atoms with Gasteiger partial charge in [-0.1, -0.05) is 30.7 Å². The van der Waals surface area contributed by atoms with E-state index in [4.69, 9.17) is 4.99 Å². The monoisotopic (exact) mass is 314 g/mol. The minimum atomic E-state index is 0.639. The number of benzene rings is 1. The second-order valence-electron chi connectivity index (χ2n) is 6.77. The smallest absolute Gasteiger partial charge is 0.191 e. The Morgan fingerprint density at radius 3 is 2.43 bits per heavy atom. The number of hydrogen-bond donors (Lipinski definition) is 2. The quantitative estimate of drug-likeness (QED) is 0.626. The van der Waals surface area contributed by atoms with Crippen molar-refractivity contribution in [2.75, 3.05) is 19.6 Å². The van der Waals surface area contributed by atoms with Gasteiger partial charge in [0.25, 0.3) is 0 Å². The molecule has 0 unspecified atom stereocenters. The molecule has 2 fully saturated rings. The van der Waals surface area contributed by atoms with Crippen molar-refractivity contribution in [1.29, 1.82) is 0 Å². The third kappa shape index (κ3) is 5.54. The van der Waals surface area contributed by atoms with Gasteiger partial charge in [0.15, 0.2) is 5.96 Å². The molecule has 2 N–H and O–H groups in total. The topological polar surface area (TPSA) is 39.7 Å². The normalized spacial score (nSPS) is 19.6. The van der Waals surface area contributed by atoms with Crippen LogP contribution in [0.25, 0.3) is 0 Å². The molecule has 1 aliphatic carbocycles. The largest absolute Gasteiger partial charge is 0.357 e. The van der Waals surface area contributed by atoms with Crippen molar-refractivity contribution in [3.63, 3.8) is 0 Å². The molecule has 2 aliphatic rings. The summed E-state index contributed by atoms with van der Waals surface area (Å²) in [6.07, 6.45) is 6.66. The van der Waals surface area contributed by atoms with Gasteiger partial charge in [0.2, 0.25) is 0 Å². The zero-order chi connectivity index (χ0) is 15.9. The molecular formula is C19H30N4. The van der Waals surface area contributed by atoms with Gasteiger partial charge >= 0.3 is 0 Å². The highest BCUT2D eigenvalue weighted by atomic mass is 15.2. The predicted octanol–water partition coefficient (Wildman–Crippen LogP) is 2.89. The van der Waals surface area contributed by atoms with Crippen LogP contribution in [0.4, 0.5) is 0 Å². The minimum absolute atomic E-state index is 0.639. The van der Waals surface area contributed by atoms with Crippen LogP contribution in [0, 0.1) is 0 Å². The first-order valence-electron chi connectivity index (χ1n) is 9.18. The molecule has 0 spiro atoms. The first-order chi connectivity index (χ1) is 11.3. The maximum Gasteiger partial charge on any atom is 0.191 e. The third-order valence-electron chi connectivity index (χ3n) is 4.56. The van der Waals surface area contributed by atoms with Crippen LogP contribution in [-0.4, -0.2) is 36.5 Å². The summed E-state index contributed by atoms with van der Waals surface area (Å²) in [5.41, 5.74) is 2.70. The lowest BCUT2D eigenvalue weighted by Crippen LogP contribution is -2.38. The Kier molecular flexibility index (Phi) is 5.92. The van der Waals surface area contributed by atoms with E-state index < -0.39 is 0 Å². The van der Waals surface area contributed by atoms with Crippen LogP contribution in [0.5, 0.6) is 0 Å². The van der Waals surface area contributed by atoms with E-state index in [-0.39, 0.29) is 0 Å². The highest BCUT2D eigenvalue weighted by Gasteiger charge is 2.22. The molecule has 4 nitrogen and oxygen atoms in total. The number of nitrogens with zero attached hydrogens (tertiary/aromatic N) is 2. The van der Waals surface area contributed by atoms with Gasteiger partial charge in [-0.15, -0.1) is 0 Å². The van der Waals surface area contributed by atoms with E-state index >= 15 is 0 Å². The van der Waals surface area contributed by atoms with Crippen molar-refractivity contribution in [3.05, 3.63) is 35.4 Å². The van der Waals surface area contributed by atoms with Crippen LogP contribution in [0.3, 0.4) is 0 Å². The number of nitrogens with one attached hydrogen (secondary N) is 2. The van der Waals surface area contributed by atoms with Crippen molar-refractivity contribution < 1.29 is 0 Å². The van der Waals surface area contributed by atoms with E-state index in [2.05, 4.69) is 46.7 Å². The average Bonchev–Trinajstić information content (AvgIpc) is 3.39. The number of rotatable bonds is 6. The zero-order valence-corrected chi connectivity index (χ0v) is 14.4. The fourth-order valence-corrected chi connectivity index (χ4v) is 3.04. The lowest BCUT2D eigenvalue weighted by Gasteiger charge is -2.26. The summed E-state index contributed by atoms with van der Waals surface area (Å²) in [5.74, 6) is 0.951. The van der Waals surface area contributed by atoms with Gasteiger partial charge in [0.1, 0.15) is 0 Å². The van der Waals surface area contributed by atoms with E-state index in [0.717, 1.165) is 25.6 Å². The molecule has 1 aliphatic heterocycles. The molecule has 1 aromatic carbocycles. The number of aliphatic imine (C=N–C) groups is 1. The third-order valence-corrected chi connectivity index (χ3v) is 4.56. The standard InChI is InChI=1S/C19H30N4/c1-2-20-19(22-18-10-11-18)21-14-16-6-8-17(9-7-16)15-23-12-4-3-5-13-23/h6-9,18H,2-5,10-15H2,1H3,(H2,20,21,22). The molecule has 0 aromatic heterocycles. The Hall–Kier alpha value is -1.55. The summed E-state index contributed by atoms with van der Waals surface area (Å²) in [6, 6.07) is 9.62. The lowest BCUT2D eigenvalue weighted by molar-refractivity contribution is 0.221. The molecule has 3 rings (SSSR count). The highest BCUT2D eigenvalue weighted by Crippen LogP contribution is 2.18. The van der Waals surface area contributed by atoms with Crippen LogP contribution in [0.2, 0.25) is 0 Å². The first-order valence-corrected chi connectivity index (χ1v) is 9.18. The first kappa shape index (κ1) is 16.3. The van der Waals surface area contributed by atoms with Gasteiger partial charge in [-0.25, -0.2) is 4.99 Å². The average molecular weight is 314 g/mol. The molecule has 4 heteroatoms. The van der Waals surface area contributed by atoms with Crippen LogP contribution < -0.4 is 10.6 Å². The molecule has 0 amide bonds. The molecule has 0 atom stereocenters. The molecule has 23 heavy (non-hydrogen) atoms. The minimum Gasteiger partial charge on any atom is -0.357 e. The van der Waals surface area contributed by atoms with Crippen molar-refractivity contribution in [1.82, 2.24) is 15.5 Å². The van der Waals surface area contributed by atoms with Crippen LogP contribution in [0.15, 0.2) is 29.3 Å². The van der Waals surface area contributed by atoms with E-state index in [1.807, 2.05) is 0 Å². The maximum absolute atomic E-state index is 4.69. The number of hydrogen-bond acceptors (Lipinski definition) is 2. The number of guanidine groups is 1. The number of likely N-dealkylation sites (tertiary alicyclic amines) is 1. The summed E-state index contributed by atoms with van der Waals surface area (Å²) >= 11 is 0. The second kappa shape index (κ2) is 8.34. The van der Waals surface area contributed by atoms with Gasteiger partial charge in [-0.2, -0.15) is 0 Å². The van der Waals surface area contributed by atoms with E-state index in [9.17, 15) is 0 Å². The summed E-state index contributed by atoms with van der Waals surface area (Å²) in [5, 5.41) is 6.78. The lowest BCUT2D eigenvalue weighted by atomic mass is 10.1. The van der Waals surface area contributed by atoms with Gasteiger partial charge in [-0.05, 0) is 56.8 Å². The van der Waals surface area contributed by atoms with Crippen molar-refractivity contribution in [2.45, 2.75) is 58.2 Å². The Balaban J connectivity index is 1.51. The molecule has 1 heterocycles. The second-order valence-corrected chi connectivity index (χ2v) is 6.77. The summed E-state index contributed by atoms with van der Waals surface area (Å²) in [4.78, 5) is 7.26. The van der Waals surface area contributed by atoms with Gasteiger partial charge < -0.3 is 10.6 Å². The Bertz CT molecular complexity index is 499. The zero-order valence-electron chi connectivity index (χ0n) is 14.4. The highest BCUT2D eigenvalue weighted by molar-refractivity contribution is 5.80. The summed E-state index contributed by atoms with van der Waals surface area (Å²) in [6.45, 7) is 7.37. The SMILES string of the molecule is CCNC(=NCc1ccc(CN2CCCCC2)cc1)NC1CC1. The molecule has 1 saturated heterocycles. The molecule has 126 valence electrons. The van der Waals surface area contributed by atoms with Crippen molar-refractivity contribution in [3.8, 4) is 0 Å². The van der Waals surface area contributed by atoms with Gasteiger partial charge in [0, 0.05) is 19.1 Å². The Morgan fingerprint density at radius 2 is 1.78 bits per heavy atom. The molecule has 0 bridgehead atoms. The molecule has 0 radical (unpaired) electrons. The predicted molar refractivity (Wildman–Crippen MR) is 96.5 cm³/mol. The molecular weight excluding hydrogens is 284 g/mol. The Morgan fingerprint density at radius 1 is 1.09 bits per heavy atom. The van der Waals surface area contributed by atoms with Crippen LogP contribution in [-0.2, 0) is 13.1 Å². The molecule has 1 aromatic rings. The van der Waals surface area contributed by atoms with E-state index in [1.165, 1.54) is 56.3 Å². The van der Waals surface area contributed by atoms with Gasteiger partial charge in [-0.3, -0.25) is 4.90 Å².